The molecule has 0 amide bonds. The van der Waals surface area contributed by atoms with Crippen molar-refractivity contribution in [3.8, 4) is 0 Å². The third-order valence-corrected chi connectivity index (χ3v) is 2.82. The van der Waals surface area contributed by atoms with Crippen molar-refractivity contribution >= 4 is 27.6 Å². The van der Waals surface area contributed by atoms with Crippen molar-refractivity contribution in [2.45, 2.75) is 26.3 Å². The van der Waals surface area contributed by atoms with Gasteiger partial charge in [0.25, 0.3) is 0 Å². The number of anilines is 1. The SMILES string of the molecule is CC[C@H](Nc1ccc(C)cc1Br)C(=O)O. The van der Waals surface area contributed by atoms with E-state index in [2.05, 4.69) is 21.2 Å². The summed E-state index contributed by atoms with van der Waals surface area (Å²) in [6.07, 6.45) is 0.551. The number of aliphatic carboxylic acids is 1. The van der Waals surface area contributed by atoms with Crippen molar-refractivity contribution in [2.75, 3.05) is 5.32 Å². The van der Waals surface area contributed by atoms with Gasteiger partial charge < -0.3 is 10.4 Å². The molecule has 0 bridgehead atoms. The smallest absolute Gasteiger partial charge is 0.326 e. The second-order valence-corrected chi connectivity index (χ2v) is 4.28. The van der Waals surface area contributed by atoms with E-state index in [4.69, 9.17) is 5.11 Å². The zero-order chi connectivity index (χ0) is 11.4. The monoisotopic (exact) mass is 271 g/mol. The Hall–Kier alpha value is -1.03. The fraction of sp³-hybridized carbons (Fsp3) is 0.364. The Morgan fingerprint density at radius 3 is 2.73 bits per heavy atom. The van der Waals surface area contributed by atoms with Crippen molar-refractivity contribution in [2.24, 2.45) is 0 Å². The van der Waals surface area contributed by atoms with Crippen LogP contribution in [0.5, 0.6) is 0 Å². The van der Waals surface area contributed by atoms with Crippen LogP contribution in [0.15, 0.2) is 22.7 Å². The molecule has 1 aromatic carbocycles. The zero-order valence-corrected chi connectivity index (χ0v) is 10.3. The molecule has 1 atom stereocenters. The van der Waals surface area contributed by atoms with Gasteiger partial charge in [0.2, 0.25) is 0 Å². The maximum Gasteiger partial charge on any atom is 0.326 e. The van der Waals surface area contributed by atoms with E-state index in [1.165, 1.54) is 0 Å². The van der Waals surface area contributed by atoms with Crippen LogP contribution in [0.4, 0.5) is 5.69 Å². The van der Waals surface area contributed by atoms with Crippen molar-refractivity contribution in [3.63, 3.8) is 0 Å². The third kappa shape index (κ3) is 3.23. The zero-order valence-electron chi connectivity index (χ0n) is 8.75. The fourth-order valence-electron chi connectivity index (χ4n) is 1.26. The largest absolute Gasteiger partial charge is 0.480 e. The highest BCUT2D eigenvalue weighted by Crippen LogP contribution is 2.24. The number of carbonyl (C=O) groups is 1. The summed E-state index contributed by atoms with van der Waals surface area (Å²) in [5.41, 5.74) is 1.95. The molecule has 0 aliphatic rings. The van der Waals surface area contributed by atoms with Gasteiger partial charge in [-0.3, -0.25) is 0 Å². The van der Waals surface area contributed by atoms with Crippen LogP contribution >= 0.6 is 15.9 Å². The Balaban J connectivity index is 2.84. The van der Waals surface area contributed by atoms with E-state index in [0.29, 0.717) is 6.42 Å². The van der Waals surface area contributed by atoms with Gasteiger partial charge in [-0.1, -0.05) is 13.0 Å². The Kier molecular flexibility index (Phi) is 4.15. The van der Waals surface area contributed by atoms with E-state index in [1.807, 2.05) is 32.0 Å². The standard InChI is InChI=1S/C11H14BrNO2/c1-3-9(11(14)15)13-10-5-4-7(2)6-8(10)12/h4-6,9,13H,3H2,1-2H3,(H,14,15)/t9-/m0/s1. The Bertz CT molecular complexity index is 366. The van der Waals surface area contributed by atoms with Crippen molar-refractivity contribution < 1.29 is 9.90 Å². The van der Waals surface area contributed by atoms with Crippen molar-refractivity contribution in [1.82, 2.24) is 0 Å². The maximum atomic E-state index is 10.8. The number of hydrogen-bond acceptors (Lipinski definition) is 2. The van der Waals surface area contributed by atoms with Gasteiger partial charge in [0.05, 0.1) is 0 Å². The predicted octanol–water partition coefficient (Wildman–Crippen LogP) is 3.03. The highest BCUT2D eigenvalue weighted by Gasteiger charge is 2.15. The molecule has 0 radical (unpaired) electrons. The number of halogens is 1. The first-order chi connectivity index (χ1) is 7.04. The molecular weight excluding hydrogens is 258 g/mol. The summed E-state index contributed by atoms with van der Waals surface area (Å²) >= 11 is 3.40. The average molecular weight is 272 g/mol. The van der Waals surface area contributed by atoms with Crippen LogP contribution < -0.4 is 5.32 Å². The molecule has 2 N–H and O–H groups in total. The average Bonchev–Trinajstić information content (AvgIpc) is 2.16. The van der Waals surface area contributed by atoms with Crippen LogP contribution in [-0.2, 0) is 4.79 Å². The fourth-order valence-corrected chi connectivity index (χ4v) is 1.87. The van der Waals surface area contributed by atoms with Gasteiger partial charge >= 0.3 is 5.97 Å². The second-order valence-electron chi connectivity index (χ2n) is 3.43. The predicted molar refractivity (Wildman–Crippen MR) is 64.2 cm³/mol. The minimum Gasteiger partial charge on any atom is -0.480 e. The number of carboxylic acid groups (broad SMARTS) is 1. The number of aryl methyl sites for hydroxylation is 1. The molecule has 0 aromatic heterocycles. The highest BCUT2D eigenvalue weighted by molar-refractivity contribution is 9.10. The minimum absolute atomic E-state index is 0.538. The normalized spacial score (nSPS) is 12.2. The third-order valence-electron chi connectivity index (χ3n) is 2.16. The molecule has 3 nitrogen and oxygen atoms in total. The summed E-state index contributed by atoms with van der Waals surface area (Å²) in [5.74, 6) is -0.829. The lowest BCUT2D eigenvalue weighted by atomic mass is 10.2. The van der Waals surface area contributed by atoms with Gasteiger partial charge in [-0.25, -0.2) is 4.79 Å². The Morgan fingerprint density at radius 2 is 2.27 bits per heavy atom. The van der Waals surface area contributed by atoms with Gasteiger partial charge in [0, 0.05) is 10.2 Å². The summed E-state index contributed by atoms with van der Waals surface area (Å²) in [5, 5.41) is 11.9. The summed E-state index contributed by atoms with van der Waals surface area (Å²) < 4.78 is 0.891. The molecule has 15 heavy (non-hydrogen) atoms. The molecule has 4 heteroatoms. The lowest BCUT2D eigenvalue weighted by molar-refractivity contribution is -0.137. The highest BCUT2D eigenvalue weighted by atomic mass is 79.9. The van der Waals surface area contributed by atoms with E-state index < -0.39 is 12.0 Å². The van der Waals surface area contributed by atoms with Crippen molar-refractivity contribution in [3.05, 3.63) is 28.2 Å². The lowest BCUT2D eigenvalue weighted by Crippen LogP contribution is -2.28. The van der Waals surface area contributed by atoms with E-state index in [0.717, 1.165) is 15.7 Å². The number of rotatable bonds is 4. The Morgan fingerprint density at radius 1 is 1.60 bits per heavy atom. The first-order valence-electron chi connectivity index (χ1n) is 4.80. The van der Waals surface area contributed by atoms with Gasteiger partial charge in [-0.05, 0) is 47.0 Å². The van der Waals surface area contributed by atoms with E-state index in [1.54, 1.807) is 0 Å². The van der Waals surface area contributed by atoms with Gasteiger partial charge in [-0.15, -0.1) is 0 Å². The molecule has 0 spiro atoms. The van der Waals surface area contributed by atoms with Crippen LogP contribution in [0.1, 0.15) is 18.9 Å². The molecule has 1 rings (SSSR count). The molecule has 82 valence electrons. The van der Waals surface area contributed by atoms with Gasteiger partial charge in [-0.2, -0.15) is 0 Å². The molecule has 1 aromatic rings. The number of nitrogens with one attached hydrogen (secondary N) is 1. The number of hydrogen-bond donors (Lipinski definition) is 2. The van der Waals surface area contributed by atoms with Crippen LogP contribution in [0.25, 0.3) is 0 Å². The molecular formula is C11H14BrNO2. The topological polar surface area (TPSA) is 49.3 Å². The molecule has 0 saturated carbocycles. The molecule has 0 saturated heterocycles. The molecule has 0 aliphatic heterocycles. The molecule has 0 heterocycles. The van der Waals surface area contributed by atoms with Crippen molar-refractivity contribution in [1.29, 1.82) is 0 Å². The summed E-state index contributed by atoms with van der Waals surface area (Å²) in [7, 11) is 0. The summed E-state index contributed by atoms with van der Waals surface area (Å²) in [4.78, 5) is 10.8. The second kappa shape index (κ2) is 5.16. The van der Waals surface area contributed by atoms with Gasteiger partial charge in [0.15, 0.2) is 0 Å². The van der Waals surface area contributed by atoms with Crippen LogP contribution in [0, 0.1) is 6.92 Å². The van der Waals surface area contributed by atoms with Crippen LogP contribution in [-0.4, -0.2) is 17.1 Å². The first kappa shape index (κ1) is 12.0. The summed E-state index contributed by atoms with van der Waals surface area (Å²) in [6, 6.07) is 5.24. The molecule has 0 aliphatic carbocycles. The van der Waals surface area contributed by atoms with Crippen LogP contribution in [0.3, 0.4) is 0 Å². The summed E-state index contributed by atoms with van der Waals surface area (Å²) in [6.45, 7) is 3.83. The number of carboxylic acids is 1. The van der Waals surface area contributed by atoms with E-state index >= 15 is 0 Å². The van der Waals surface area contributed by atoms with E-state index in [-0.39, 0.29) is 0 Å². The lowest BCUT2D eigenvalue weighted by Gasteiger charge is -2.15. The first-order valence-corrected chi connectivity index (χ1v) is 5.59. The maximum absolute atomic E-state index is 10.8. The van der Waals surface area contributed by atoms with Gasteiger partial charge in [0.1, 0.15) is 6.04 Å². The van der Waals surface area contributed by atoms with E-state index in [9.17, 15) is 4.79 Å². The van der Waals surface area contributed by atoms with Crippen LogP contribution in [0.2, 0.25) is 0 Å². The molecule has 0 unspecified atom stereocenters. The Labute approximate surface area is 97.6 Å². The molecule has 0 fully saturated rings. The quantitative estimate of drug-likeness (QED) is 0.885. The number of benzene rings is 1. The minimum atomic E-state index is -0.829.